The van der Waals surface area contributed by atoms with E-state index in [1.807, 2.05) is 30.0 Å². The Morgan fingerprint density at radius 2 is 2.00 bits per heavy atom. The molecule has 0 saturated carbocycles. The zero-order valence-corrected chi connectivity index (χ0v) is 18.2. The van der Waals surface area contributed by atoms with Crippen molar-refractivity contribution in [3.05, 3.63) is 46.5 Å². The Labute approximate surface area is 183 Å². The average molecular weight is 450 g/mol. The Morgan fingerprint density at radius 3 is 2.67 bits per heavy atom. The summed E-state index contributed by atoms with van der Waals surface area (Å²) in [5.74, 6) is 1.11. The third-order valence-corrected chi connectivity index (χ3v) is 5.98. The molecule has 3 heterocycles. The van der Waals surface area contributed by atoms with E-state index in [9.17, 15) is 4.79 Å². The summed E-state index contributed by atoms with van der Waals surface area (Å²) >= 11 is 12.5. The second-order valence-electron chi connectivity index (χ2n) is 6.96. The van der Waals surface area contributed by atoms with Gasteiger partial charge in [-0.3, -0.25) is 9.48 Å². The maximum absolute atomic E-state index is 12.8. The van der Waals surface area contributed by atoms with E-state index in [0.717, 1.165) is 18.8 Å². The van der Waals surface area contributed by atoms with E-state index in [-0.39, 0.29) is 12.5 Å². The highest BCUT2D eigenvalue weighted by Gasteiger charge is 2.24. The zero-order chi connectivity index (χ0) is 21.3. The minimum atomic E-state index is -0.00489. The van der Waals surface area contributed by atoms with Crippen molar-refractivity contribution < 1.29 is 13.9 Å². The van der Waals surface area contributed by atoms with Gasteiger partial charge in [-0.05, 0) is 19.1 Å². The van der Waals surface area contributed by atoms with Crippen LogP contribution in [0, 0.1) is 6.92 Å². The van der Waals surface area contributed by atoms with E-state index in [4.69, 9.17) is 32.4 Å². The highest BCUT2D eigenvalue weighted by molar-refractivity contribution is 6.33. The topological polar surface area (TPSA) is 76.6 Å². The number of hydrogen-bond donors (Lipinski definition) is 0. The predicted molar refractivity (Wildman–Crippen MR) is 114 cm³/mol. The lowest BCUT2D eigenvalue weighted by Gasteiger charge is -2.36. The summed E-state index contributed by atoms with van der Waals surface area (Å²) in [6.07, 6.45) is 2.87. The lowest BCUT2D eigenvalue weighted by atomic mass is 10.2. The van der Waals surface area contributed by atoms with E-state index >= 15 is 0 Å². The van der Waals surface area contributed by atoms with Crippen LogP contribution in [0.25, 0.3) is 11.5 Å². The lowest BCUT2D eigenvalue weighted by molar-refractivity contribution is -0.132. The molecule has 0 atom stereocenters. The minimum absolute atomic E-state index is 0.00489. The van der Waals surface area contributed by atoms with Crippen LogP contribution in [0.5, 0.6) is 5.75 Å². The number of halogens is 2. The Bertz CT molecular complexity index is 1040. The van der Waals surface area contributed by atoms with Crippen molar-refractivity contribution in [2.45, 2.75) is 13.5 Å². The van der Waals surface area contributed by atoms with Gasteiger partial charge in [-0.15, -0.1) is 0 Å². The number of hydrogen-bond acceptors (Lipinski definition) is 6. The van der Waals surface area contributed by atoms with E-state index in [1.165, 1.54) is 6.39 Å². The zero-order valence-electron chi connectivity index (χ0n) is 16.6. The van der Waals surface area contributed by atoms with E-state index in [0.29, 0.717) is 46.0 Å². The monoisotopic (exact) mass is 449 g/mol. The molecule has 30 heavy (non-hydrogen) atoms. The number of oxazole rings is 1. The number of piperazine rings is 1. The van der Waals surface area contributed by atoms with Crippen molar-refractivity contribution in [1.82, 2.24) is 19.7 Å². The molecule has 0 aliphatic carbocycles. The third kappa shape index (κ3) is 3.97. The van der Waals surface area contributed by atoms with Gasteiger partial charge in [0, 0.05) is 37.9 Å². The first-order valence-corrected chi connectivity index (χ1v) is 10.2. The van der Waals surface area contributed by atoms with Gasteiger partial charge in [0.25, 0.3) is 0 Å². The number of rotatable bonds is 5. The number of aromatic nitrogens is 3. The first kappa shape index (κ1) is 20.6. The predicted octanol–water partition coefficient (Wildman–Crippen LogP) is 3.51. The normalized spacial score (nSPS) is 14.3. The van der Waals surface area contributed by atoms with Gasteiger partial charge in [-0.2, -0.15) is 5.10 Å². The van der Waals surface area contributed by atoms with Gasteiger partial charge in [0.1, 0.15) is 18.0 Å². The Morgan fingerprint density at radius 1 is 1.23 bits per heavy atom. The molecule has 0 N–H and O–H groups in total. The molecule has 3 aromatic rings. The van der Waals surface area contributed by atoms with Crippen LogP contribution < -0.4 is 9.64 Å². The fourth-order valence-corrected chi connectivity index (χ4v) is 3.88. The fraction of sp³-hybridized carbons (Fsp3) is 0.350. The first-order chi connectivity index (χ1) is 14.5. The minimum Gasteiger partial charge on any atom is -0.495 e. The average Bonchev–Trinajstić information content (AvgIpc) is 3.38. The molecular formula is C20H21Cl2N5O3. The van der Waals surface area contributed by atoms with Crippen molar-refractivity contribution >= 4 is 34.8 Å². The molecular weight excluding hydrogens is 429 g/mol. The third-order valence-electron chi connectivity index (χ3n) is 5.22. The molecule has 0 radical (unpaired) electrons. The molecule has 1 aliphatic heterocycles. The van der Waals surface area contributed by atoms with E-state index in [2.05, 4.69) is 15.0 Å². The summed E-state index contributed by atoms with van der Waals surface area (Å²) < 4.78 is 12.2. The Kier molecular flexibility index (Phi) is 5.87. The van der Waals surface area contributed by atoms with Gasteiger partial charge in [-0.25, -0.2) is 4.98 Å². The van der Waals surface area contributed by atoms with Crippen LogP contribution in [0.2, 0.25) is 10.0 Å². The molecule has 1 aliphatic rings. The van der Waals surface area contributed by atoms with Crippen LogP contribution in [0.1, 0.15) is 5.69 Å². The van der Waals surface area contributed by atoms with Gasteiger partial charge in [0.05, 0.1) is 29.0 Å². The van der Waals surface area contributed by atoms with Crippen LogP contribution in [-0.4, -0.2) is 58.9 Å². The maximum atomic E-state index is 12.8. The summed E-state index contributed by atoms with van der Waals surface area (Å²) in [6.45, 7) is 4.62. The largest absolute Gasteiger partial charge is 0.495 e. The quantitative estimate of drug-likeness (QED) is 0.592. The van der Waals surface area contributed by atoms with E-state index < -0.39 is 0 Å². The van der Waals surface area contributed by atoms with Crippen molar-refractivity contribution in [3.63, 3.8) is 0 Å². The molecule has 0 bridgehead atoms. The Hall–Kier alpha value is -2.71. The molecule has 0 unspecified atom stereocenters. The standard InChI is InChI=1S/C20H21Cl2N5O3/c1-13-19(22)20(17-10-23-12-30-17)24-27(13)11-18(28)26-7-5-25(6-8-26)14-3-4-15(21)16(9-14)29-2/h3-4,9-10,12H,5-8,11H2,1-2H3. The number of benzene rings is 1. The van der Waals surface area contributed by atoms with Crippen LogP contribution in [0.3, 0.4) is 0 Å². The van der Waals surface area contributed by atoms with Crippen molar-refractivity contribution in [2.24, 2.45) is 0 Å². The molecule has 10 heteroatoms. The number of amides is 1. The number of methoxy groups -OCH3 is 1. The van der Waals surface area contributed by atoms with Crippen LogP contribution >= 0.6 is 23.2 Å². The SMILES string of the molecule is COc1cc(N2CCN(C(=O)Cn3nc(-c4cnco4)c(Cl)c3C)CC2)ccc1Cl. The highest BCUT2D eigenvalue weighted by atomic mass is 35.5. The molecule has 158 valence electrons. The smallest absolute Gasteiger partial charge is 0.244 e. The Balaban J connectivity index is 1.40. The number of nitrogens with zero attached hydrogens (tertiary/aromatic N) is 5. The highest BCUT2D eigenvalue weighted by Crippen LogP contribution is 2.31. The first-order valence-electron chi connectivity index (χ1n) is 9.46. The summed E-state index contributed by atoms with van der Waals surface area (Å²) in [6, 6.07) is 5.70. The molecule has 4 rings (SSSR count). The molecule has 0 spiro atoms. The molecule has 8 nitrogen and oxygen atoms in total. The second-order valence-corrected chi connectivity index (χ2v) is 7.74. The fourth-order valence-electron chi connectivity index (χ4n) is 3.46. The number of ether oxygens (including phenoxy) is 1. The second kappa shape index (κ2) is 8.57. The molecule has 1 aromatic carbocycles. The summed E-state index contributed by atoms with van der Waals surface area (Å²) in [7, 11) is 1.60. The van der Waals surface area contributed by atoms with Crippen molar-refractivity contribution in [3.8, 4) is 17.2 Å². The molecule has 1 fully saturated rings. The number of carbonyl (C=O) groups is 1. The van der Waals surface area contributed by atoms with Crippen LogP contribution in [0.4, 0.5) is 5.69 Å². The molecule has 2 aromatic heterocycles. The summed E-state index contributed by atoms with van der Waals surface area (Å²) in [5, 5.41) is 5.48. The van der Waals surface area contributed by atoms with Gasteiger partial charge >= 0.3 is 0 Å². The lowest BCUT2D eigenvalue weighted by Crippen LogP contribution is -2.49. The van der Waals surface area contributed by atoms with Gasteiger partial charge in [0.15, 0.2) is 12.2 Å². The summed E-state index contributed by atoms with van der Waals surface area (Å²) in [4.78, 5) is 20.8. The summed E-state index contributed by atoms with van der Waals surface area (Å²) in [5.41, 5.74) is 2.22. The van der Waals surface area contributed by atoms with Gasteiger partial charge in [-0.1, -0.05) is 23.2 Å². The van der Waals surface area contributed by atoms with Crippen LogP contribution in [-0.2, 0) is 11.3 Å². The van der Waals surface area contributed by atoms with Gasteiger partial charge < -0.3 is 19.0 Å². The number of anilines is 1. The maximum Gasteiger partial charge on any atom is 0.244 e. The van der Waals surface area contributed by atoms with Crippen LogP contribution in [0.15, 0.2) is 35.2 Å². The van der Waals surface area contributed by atoms with E-state index in [1.54, 1.807) is 18.0 Å². The molecule has 1 saturated heterocycles. The van der Waals surface area contributed by atoms with Gasteiger partial charge in [0.2, 0.25) is 5.91 Å². The van der Waals surface area contributed by atoms with Crippen molar-refractivity contribution in [2.75, 3.05) is 38.2 Å². The number of carbonyl (C=O) groups excluding carboxylic acids is 1. The van der Waals surface area contributed by atoms with Crippen molar-refractivity contribution in [1.29, 1.82) is 0 Å². The molecule has 1 amide bonds.